The molecule has 1 atom stereocenters. The van der Waals surface area contributed by atoms with Gasteiger partial charge in [0.25, 0.3) is 0 Å². The van der Waals surface area contributed by atoms with Crippen molar-refractivity contribution in [3.8, 4) is 0 Å². The van der Waals surface area contributed by atoms with E-state index in [-0.39, 0.29) is 17.2 Å². The molecule has 0 aliphatic carbocycles. The Labute approximate surface area is 92.4 Å². The fourth-order valence-corrected chi connectivity index (χ4v) is 3.04. The number of aliphatic hydroxyl groups excluding tert-OH is 1. The van der Waals surface area contributed by atoms with Gasteiger partial charge in [0.2, 0.25) is 0 Å². The van der Waals surface area contributed by atoms with Crippen molar-refractivity contribution in [2.45, 2.75) is 63.9 Å². The van der Waals surface area contributed by atoms with E-state index in [9.17, 15) is 10.2 Å². The molecule has 1 rings (SSSR count). The summed E-state index contributed by atoms with van der Waals surface area (Å²) in [6, 6.07) is 0. The summed E-state index contributed by atoms with van der Waals surface area (Å²) in [6.07, 6.45) is 1.50. The van der Waals surface area contributed by atoms with Crippen molar-refractivity contribution in [2.24, 2.45) is 0 Å². The fraction of sp³-hybridized carbons (Fsp3) is 0.833. The average Bonchev–Trinajstić information content (AvgIpc) is 1.97. The molecule has 1 heterocycles. The first kappa shape index (κ1) is 12.7. The van der Waals surface area contributed by atoms with Gasteiger partial charge in [-0.15, -0.1) is 0 Å². The summed E-state index contributed by atoms with van der Waals surface area (Å²) >= 11 is 0. The van der Waals surface area contributed by atoms with Crippen LogP contribution >= 0.6 is 0 Å². The molecule has 1 aliphatic rings. The molecule has 1 fully saturated rings. The molecule has 0 aromatic carbocycles. The molecule has 87 valence electrons. The molecule has 15 heavy (non-hydrogen) atoms. The van der Waals surface area contributed by atoms with E-state index >= 15 is 0 Å². The topological polar surface area (TPSA) is 43.4 Å². The molecule has 1 radical (unpaired) electrons. The van der Waals surface area contributed by atoms with Gasteiger partial charge in [0, 0.05) is 11.1 Å². The van der Waals surface area contributed by atoms with E-state index in [2.05, 4.69) is 6.58 Å². The molecule has 0 aromatic heterocycles. The SMILES string of the molecule is C=CC([O])N1C(C)(C)CC(O)CC1(C)C. The Morgan fingerprint density at radius 2 is 1.73 bits per heavy atom. The highest BCUT2D eigenvalue weighted by Crippen LogP contribution is 2.39. The molecule has 1 saturated heterocycles. The monoisotopic (exact) mass is 212 g/mol. The van der Waals surface area contributed by atoms with Crippen molar-refractivity contribution < 1.29 is 10.2 Å². The van der Waals surface area contributed by atoms with Crippen LogP contribution in [0, 0.1) is 0 Å². The molecule has 1 aliphatic heterocycles. The maximum absolute atomic E-state index is 11.9. The van der Waals surface area contributed by atoms with Crippen LogP contribution in [0.5, 0.6) is 0 Å². The third kappa shape index (κ3) is 2.41. The first-order valence-electron chi connectivity index (χ1n) is 5.46. The minimum Gasteiger partial charge on any atom is -0.393 e. The van der Waals surface area contributed by atoms with E-state index in [1.54, 1.807) is 0 Å². The second-order valence-electron chi connectivity index (χ2n) is 5.68. The van der Waals surface area contributed by atoms with Gasteiger partial charge in [0.05, 0.1) is 6.10 Å². The molecule has 0 saturated carbocycles. The summed E-state index contributed by atoms with van der Waals surface area (Å²) in [5.74, 6) is 0. The molecule has 0 bridgehead atoms. The van der Waals surface area contributed by atoms with Gasteiger partial charge in [0.15, 0.2) is 6.23 Å². The molecule has 0 spiro atoms. The van der Waals surface area contributed by atoms with E-state index in [1.807, 2.05) is 32.6 Å². The maximum Gasteiger partial charge on any atom is 0.165 e. The highest BCUT2D eigenvalue weighted by molar-refractivity contribution is 5.03. The number of hydrogen-bond acceptors (Lipinski definition) is 2. The largest absolute Gasteiger partial charge is 0.393 e. The van der Waals surface area contributed by atoms with E-state index in [4.69, 9.17) is 0 Å². The van der Waals surface area contributed by atoms with Crippen molar-refractivity contribution in [2.75, 3.05) is 0 Å². The minimum absolute atomic E-state index is 0.276. The number of rotatable bonds is 2. The predicted molar refractivity (Wildman–Crippen MR) is 59.9 cm³/mol. The van der Waals surface area contributed by atoms with Crippen molar-refractivity contribution in [3.63, 3.8) is 0 Å². The Morgan fingerprint density at radius 1 is 1.33 bits per heavy atom. The third-order valence-electron chi connectivity index (χ3n) is 3.23. The summed E-state index contributed by atoms with van der Waals surface area (Å²) in [5, 5.41) is 21.7. The van der Waals surface area contributed by atoms with Crippen LogP contribution < -0.4 is 0 Å². The lowest BCUT2D eigenvalue weighted by Gasteiger charge is -2.55. The normalized spacial score (nSPS) is 28.7. The van der Waals surface area contributed by atoms with Crippen molar-refractivity contribution >= 4 is 0 Å². The lowest BCUT2D eigenvalue weighted by atomic mass is 9.78. The van der Waals surface area contributed by atoms with Gasteiger partial charge < -0.3 is 5.11 Å². The van der Waals surface area contributed by atoms with E-state index in [1.165, 1.54) is 6.08 Å². The highest BCUT2D eigenvalue weighted by Gasteiger charge is 2.47. The summed E-state index contributed by atoms with van der Waals surface area (Å²) in [7, 11) is 0. The predicted octanol–water partition coefficient (Wildman–Crippen LogP) is 1.94. The zero-order valence-corrected chi connectivity index (χ0v) is 10.2. The van der Waals surface area contributed by atoms with Crippen LogP contribution in [0.3, 0.4) is 0 Å². The molecular weight excluding hydrogens is 190 g/mol. The second kappa shape index (κ2) is 3.89. The highest BCUT2D eigenvalue weighted by atomic mass is 16.3. The molecule has 0 aromatic rings. The van der Waals surface area contributed by atoms with Gasteiger partial charge in [-0.05, 0) is 46.6 Å². The second-order valence-corrected chi connectivity index (χ2v) is 5.68. The first-order valence-corrected chi connectivity index (χ1v) is 5.46. The Morgan fingerprint density at radius 3 is 2.07 bits per heavy atom. The Kier molecular flexibility index (Phi) is 3.29. The van der Waals surface area contributed by atoms with Gasteiger partial charge in [-0.1, -0.05) is 6.58 Å². The van der Waals surface area contributed by atoms with E-state index in [0.29, 0.717) is 12.8 Å². The van der Waals surface area contributed by atoms with Gasteiger partial charge in [-0.25, -0.2) is 5.11 Å². The number of aliphatic hydroxyl groups is 1. The van der Waals surface area contributed by atoms with Crippen LogP contribution in [0.2, 0.25) is 0 Å². The van der Waals surface area contributed by atoms with Gasteiger partial charge in [0.1, 0.15) is 0 Å². The summed E-state index contributed by atoms with van der Waals surface area (Å²) < 4.78 is 0. The van der Waals surface area contributed by atoms with E-state index < -0.39 is 6.23 Å². The van der Waals surface area contributed by atoms with Crippen LogP contribution in [-0.4, -0.2) is 33.4 Å². The summed E-state index contributed by atoms with van der Waals surface area (Å²) in [4.78, 5) is 1.92. The molecule has 3 heteroatoms. The molecule has 0 amide bonds. The van der Waals surface area contributed by atoms with Crippen LogP contribution in [0.1, 0.15) is 40.5 Å². The van der Waals surface area contributed by atoms with Crippen molar-refractivity contribution in [1.29, 1.82) is 0 Å². The lowest BCUT2D eigenvalue weighted by Crippen LogP contribution is -2.64. The zero-order valence-electron chi connectivity index (χ0n) is 10.2. The number of likely N-dealkylation sites (tertiary alicyclic amines) is 1. The van der Waals surface area contributed by atoms with Crippen molar-refractivity contribution in [1.82, 2.24) is 4.90 Å². The average molecular weight is 212 g/mol. The smallest absolute Gasteiger partial charge is 0.165 e. The fourth-order valence-electron chi connectivity index (χ4n) is 3.04. The Balaban J connectivity index is 3.02. The molecular formula is C12H22NO2. The van der Waals surface area contributed by atoms with Crippen LogP contribution in [-0.2, 0) is 5.11 Å². The van der Waals surface area contributed by atoms with Crippen molar-refractivity contribution in [3.05, 3.63) is 12.7 Å². The number of piperidine rings is 1. The molecule has 1 N–H and O–H groups in total. The van der Waals surface area contributed by atoms with Gasteiger partial charge >= 0.3 is 0 Å². The minimum atomic E-state index is -0.900. The quantitative estimate of drug-likeness (QED) is 0.711. The first-order chi connectivity index (χ1) is 6.70. The van der Waals surface area contributed by atoms with Crippen LogP contribution in [0.15, 0.2) is 12.7 Å². The molecule has 1 unspecified atom stereocenters. The summed E-state index contributed by atoms with van der Waals surface area (Å²) in [6.45, 7) is 11.6. The van der Waals surface area contributed by atoms with Gasteiger partial charge in [-0.2, -0.15) is 0 Å². The molecule has 3 nitrogen and oxygen atoms in total. The van der Waals surface area contributed by atoms with Crippen LogP contribution in [0.4, 0.5) is 0 Å². The number of nitrogens with zero attached hydrogens (tertiary/aromatic N) is 1. The standard InChI is InChI=1S/C12H22NO2/c1-6-10(15)13-11(2,3)7-9(14)8-12(13,4)5/h6,9-10,14H,1,7-8H2,2-5H3. The lowest BCUT2D eigenvalue weighted by molar-refractivity contribution is -0.164. The maximum atomic E-state index is 11.9. The summed E-state index contributed by atoms with van der Waals surface area (Å²) in [5.41, 5.74) is -0.552. The zero-order chi connectivity index (χ0) is 11.9. The van der Waals surface area contributed by atoms with E-state index in [0.717, 1.165) is 0 Å². The number of hydrogen-bond donors (Lipinski definition) is 1. The van der Waals surface area contributed by atoms with Crippen LogP contribution in [0.25, 0.3) is 0 Å². The van der Waals surface area contributed by atoms with Gasteiger partial charge in [-0.3, -0.25) is 4.90 Å². The third-order valence-corrected chi connectivity index (χ3v) is 3.23. The Bertz CT molecular complexity index is 230. The Hall–Kier alpha value is -0.380.